The Morgan fingerprint density at radius 1 is 0.850 bits per heavy atom. The molecule has 0 bridgehead atoms. The number of rotatable bonds is 1. The van der Waals surface area contributed by atoms with Crippen molar-refractivity contribution in [3.8, 4) is 5.69 Å². The van der Waals surface area contributed by atoms with E-state index in [2.05, 4.69) is 65.0 Å². The van der Waals surface area contributed by atoms with Crippen LogP contribution in [0.15, 0.2) is 66.9 Å². The van der Waals surface area contributed by atoms with E-state index in [0.717, 1.165) is 11.0 Å². The van der Waals surface area contributed by atoms with Crippen molar-refractivity contribution in [2.45, 2.75) is 6.92 Å². The molecule has 4 rings (SSSR count). The largest absolute Gasteiger partial charge is 0.308 e. The normalized spacial score (nSPS) is 11.2. The molecule has 0 spiro atoms. The topological polar surface area (TPSA) is 17.8 Å². The fraction of sp³-hybridized carbons (Fsp3) is 0.0556. The molecule has 0 unspecified atom stereocenters. The molecule has 2 nitrogen and oxygen atoms in total. The Morgan fingerprint density at radius 3 is 2.55 bits per heavy atom. The lowest BCUT2D eigenvalue weighted by Gasteiger charge is -2.07. The van der Waals surface area contributed by atoms with Gasteiger partial charge in [-0.2, -0.15) is 0 Å². The van der Waals surface area contributed by atoms with Gasteiger partial charge in [0.2, 0.25) is 0 Å². The van der Waals surface area contributed by atoms with Crippen LogP contribution in [0, 0.1) is 6.92 Å². The SMILES string of the molecule is Cc1ccc2c3ncccc3n(-c3ccccc3)c2c1. The molecule has 20 heavy (non-hydrogen) atoms. The molecule has 4 aromatic rings. The Balaban J connectivity index is 2.23. The first-order valence-electron chi connectivity index (χ1n) is 6.76. The lowest BCUT2D eigenvalue weighted by molar-refractivity contribution is 1.17. The summed E-state index contributed by atoms with van der Waals surface area (Å²) in [5.74, 6) is 0. The van der Waals surface area contributed by atoms with Crippen LogP contribution in [0.25, 0.3) is 27.6 Å². The van der Waals surface area contributed by atoms with Crippen LogP contribution in [0.4, 0.5) is 0 Å². The lowest BCUT2D eigenvalue weighted by Crippen LogP contribution is -1.93. The second kappa shape index (κ2) is 4.20. The molecule has 2 aromatic carbocycles. The maximum Gasteiger partial charge on any atom is 0.0963 e. The zero-order valence-corrected chi connectivity index (χ0v) is 11.2. The van der Waals surface area contributed by atoms with Gasteiger partial charge >= 0.3 is 0 Å². The van der Waals surface area contributed by atoms with Gasteiger partial charge in [-0.3, -0.25) is 4.98 Å². The Hall–Kier alpha value is -2.61. The van der Waals surface area contributed by atoms with Crippen molar-refractivity contribution in [3.05, 3.63) is 72.4 Å². The Labute approximate surface area is 117 Å². The van der Waals surface area contributed by atoms with Crippen LogP contribution in [-0.2, 0) is 0 Å². The number of para-hydroxylation sites is 1. The Morgan fingerprint density at radius 2 is 1.70 bits per heavy atom. The van der Waals surface area contributed by atoms with Gasteiger partial charge in [0, 0.05) is 17.3 Å². The van der Waals surface area contributed by atoms with E-state index in [-0.39, 0.29) is 0 Å². The monoisotopic (exact) mass is 258 g/mol. The summed E-state index contributed by atoms with van der Waals surface area (Å²) in [6, 6.07) is 21.1. The van der Waals surface area contributed by atoms with Crippen LogP contribution in [0.1, 0.15) is 5.56 Å². The van der Waals surface area contributed by atoms with Crippen LogP contribution >= 0.6 is 0 Å². The maximum absolute atomic E-state index is 4.56. The van der Waals surface area contributed by atoms with Crippen molar-refractivity contribution in [1.29, 1.82) is 0 Å². The zero-order chi connectivity index (χ0) is 13.5. The van der Waals surface area contributed by atoms with Gasteiger partial charge in [-0.15, -0.1) is 0 Å². The van der Waals surface area contributed by atoms with Gasteiger partial charge in [-0.1, -0.05) is 30.3 Å². The molecule has 0 atom stereocenters. The first kappa shape index (κ1) is 11.2. The molecule has 0 radical (unpaired) electrons. The van der Waals surface area contributed by atoms with Crippen molar-refractivity contribution >= 4 is 21.9 Å². The third kappa shape index (κ3) is 1.55. The predicted octanol–water partition coefficient (Wildman–Crippen LogP) is 4.49. The average Bonchev–Trinajstić information content (AvgIpc) is 2.81. The van der Waals surface area contributed by atoms with E-state index in [0.29, 0.717) is 0 Å². The van der Waals surface area contributed by atoms with Crippen LogP contribution in [0.2, 0.25) is 0 Å². The molecule has 0 fully saturated rings. The molecule has 0 amide bonds. The fourth-order valence-corrected chi connectivity index (χ4v) is 2.80. The standard InChI is InChI=1S/C18H14N2/c1-13-9-10-15-17(12-13)20(14-6-3-2-4-7-14)16-8-5-11-19-18(15)16/h2-12H,1H3. The highest BCUT2D eigenvalue weighted by atomic mass is 15.0. The first-order valence-corrected chi connectivity index (χ1v) is 6.76. The van der Waals surface area contributed by atoms with Gasteiger partial charge in [0.1, 0.15) is 0 Å². The van der Waals surface area contributed by atoms with Gasteiger partial charge in [0.15, 0.2) is 0 Å². The van der Waals surface area contributed by atoms with Crippen LogP contribution in [0.5, 0.6) is 0 Å². The van der Waals surface area contributed by atoms with Gasteiger partial charge in [-0.05, 0) is 42.8 Å². The smallest absolute Gasteiger partial charge is 0.0963 e. The number of nitrogens with zero attached hydrogens (tertiary/aromatic N) is 2. The molecule has 0 aliphatic heterocycles. The molecule has 0 saturated carbocycles. The molecule has 96 valence electrons. The van der Waals surface area contributed by atoms with E-state index in [9.17, 15) is 0 Å². The van der Waals surface area contributed by atoms with Crippen molar-refractivity contribution in [2.75, 3.05) is 0 Å². The number of hydrogen-bond donors (Lipinski definition) is 0. The summed E-state index contributed by atoms with van der Waals surface area (Å²) >= 11 is 0. The van der Waals surface area contributed by atoms with E-state index < -0.39 is 0 Å². The van der Waals surface area contributed by atoms with Crippen molar-refractivity contribution in [2.24, 2.45) is 0 Å². The summed E-state index contributed by atoms with van der Waals surface area (Å²) in [5.41, 5.74) is 5.86. The van der Waals surface area contributed by atoms with E-state index in [1.165, 1.54) is 22.2 Å². The minimum absolute atomic E-state index is 1.06. The van der Waals surface area contributed by atoms with E-state index in [1.54, 1.807) is 0 Å². The van der Waals surface area contributed by atoms with Gasteiger partial charge in [0.25, 0.3) is 0 Å². The third-order valence-corrected chi connectivity index (χ3v) is 3.69. The highest BCUT2D eigenvalue weighted by Crippen LogP contribution is 2.30. The second-order valence-electron chi connectivity index (χ2n) is 5.06. The van der Waals surface area contributed by atoms with Crippen LogP contribution in [0.3, 0.4) is 0 Å². The maximum atomic E-state index is 4.56. The van der Waals surface area contributed by atoms with Crippen molar-refractivity contribution in [3.63, 3.8) is 0 Å². The minimum Gasteiger partial charge on any atom is -0.308 e. The summed E-state index contributed by atoms with van der Waals surface area (Å²) < 4.78 is 2.28. The molecular weight excluding hydrogens is 244 g/mol. The number of pyridine rings is 1. The number of fused-ring (bicyclic) bond motifs is 3. The number of benzene rings is 2. The molecule has 0 N–H and O–H groups in total. The quantitative estimate of drug-likeness (QED) is 0.492. The van der Waals surface area contributed by atoms with E-state index in [4.69, 9.17) is 0 Å². The molecule has 2 aromatic heterocycles. The molecule has 0 saturated heterocycles. The summed E-state index contributed by atoms with van der Waals surface area (Å²) in [6.07, 6.45) is 1.86. The van der Waals surface area contributed by atoms with Gasteiger partial charge in [-0.25, -0.2) is 0 Å². The van der Waals surface area contributed by atoms with E-state index >= 15 is 0 Å². The molecular formula is C18H14N2. The highest BCUT2D eigenvalue weighted by molar-refractivity contribution is 6.07. The summed E-state index contributed by atoms with van der Waals surface area (Å²) in [7, 11) is 0. The molecule has 0 aliphatic rings. The van der Waals surface area contributed by atoms with Crippen molar-refractivity contribution in [1.82, 2.24) is 9.55 Å². The number of hydrogen-bond acceptors (Lipinski definition) is 1. The average molecular weight is 258 g/mol. The lowest BCUT2D eigenvalue weighted by atomic mass is 10.2. The van der Waals surface area contributed by atoms with Gasteiger partial charge in [0.05, 0.1) is 16.6 Å². The van der Waals surface area contributed by atoms with E-state index in [1.807, 2.05) is 18.3 Å². The molecule has 2 heteroatoms. The van der Waals surface area contributed by atoms with Gasteiger partial charge < -0.3 is 4.57 Å². The minimum atomic E-state index is 1.06. The zero-order valence-electron chi connectivity index (χ0n) is 11.2. The predicted molar refractivity (Wildman–Crippen MR) is 83.3 cm³/mol. The fourth-order valence-electron chi connectivity index (χ4n) is 2.80. The molecule has 2 heterocycles. The molecule has 0 aliphatic carbocycles. The summed E-state index contributed by atoms with van der Waals surface area (Å²) in [6.45, 7) is 2.12. The Bertz CT molecular complexity index is 905. The van der Waals surface area contributed by atoms with Crippen LogP contribution in [-0.4, -0.2) is 9.55 Å². The van der Waals surface area contributed by atoms with Crippen molar-refractivity contribution < 1.29 is 0 Å². The highest BCUT2D eigenvalue weighted by Gasteiger charge is 2.12. The summed E-state index contributed by atoms with van der Waals surface area (Å²) in [5, 5.41) is 1.20. The summed E-state index contributed by atoms with van der Waals surface area (Å²) in [4.78, 5) is 4.56. The van der Waals surface area contributed by atoms with Crippen LogP contribution < -0.4 is 0 Å². The Kier molecular flexibility index (Phi) is 2.36. The second-order valence-corrected chi connectivity index (χ2v) is 5.06. The third-order valence-electron chi connectivity index (χ3n) is 3.69. The number of aryl methyl sites for hydroxylation is 1. The first-order chi connectivity index (χ1) is 9.84. The number of aromatic nitrogens is 2.